The molecule has 0 spiro atoms. The van der Waals surface area contributed by atoms with Crippen LogP contribution in [0.15, 0.2) is 47.4 Å². The van der Waals surface area contributed by atoms with E-state index in [0.717, 1.165) is 57.9 Å². The van der Waals surface area contributed by atoms with E-state index in [1.54, 1.807) is 11.8 Å². The molecule has 192 valence electrons. The highest BCUT2D eigenvalue weighted by Gasteiger charge is 2.32. The van der Waals surface area contributed by atoms with Crippen LogP contribution < -0.4 is 0 Å². The number of ether oxygens (including phenoxy) is 2. The van der Waals surface area contributed by atoms with Gasteiger partial charge in [-0.15, -0.1) is 11.8 Å². The number of aromatic nitrogens is 1. The van der Waals surface area contributed by atoms with Gasteiger partial charge in [-0.25, -0.2) is 4.79 Å². The lowest BCUT2D eigenvalue weighted by molar-refractivity contribution is -0.137. The fourth-order valence-corrected chi connectivity index (χ4v) is 5.63. The normalized spacial score (nSPS) is 18.8. The molecular weight excluding hydrogens is 489 g/mol. The Morgan fingerprint density at radius 2 is 1.94 bits per heavy atom. The van der Waals surface area contributed by atoms with Crippen molar-refractivity contribution in [1.82, 2.24) is 9.47 Å². The monoisotopic (exact) mass is 518 g/mol. The summed E-state index contributed by atoms with van der Waals surface area (Å²) in [4.78, 5) is 16.3. The number of carbonyl (C=O) groups is 1. The van der Waals surface area contributed by atoms with E-state index in [9.17, 15) is 18.0 Å². The Bertz CT molecular complexity index is 1250. The lowest BCUT2D eigenvalue weighted by atomic mass is 9.93. The third kappa shape index (κ3) is 5.28. The first-order chi connectivity index (χ1) is 17.3. The highest BCUT2D eigenvalue weighted by Crippen LogP contribution is 2.36. The van der Waals surface area contributed by atoms with E-state index in [1.807, 2.05) is 6.26 Å². The number of halogens is 3. The van der Waals surface area contributed by atoms with Crippen molar-refractivity contribution in [1.29, 1.82) is 0 Å². The van der Waals surface area contributed by atoms with Gasteiger partial charge in [-0.3, -0.25) is 4.90 Å². The van der Waals surface area contributed by atoms with Crippen molar-refractivity contribution in [2.45, 2.75) is 43.0 Å². The zero-order valence-electron chi connectivity index (χ0n) is 20.1. The second kappa shape index (κ2) is 10.5. The van der Waals surface area contributed by atoms with E-state index >= 15 is 0 Å². The van der Waals surface area contributed by atoms with E-state index < -0.39 is 17.7 Å². The standard InChI is InChI=1S/C27H29F3N2O3S/c1-36-21-6-8-25-23(17-21)22-16-20(35-26(33)18-3-2-4-19(15-18)27(28,29)30)5-7-24(22)32(25)10-9-31-11-13-34-14-12-31/h2-4,6,8,15,17,20H,5,7,9-14,16H2,1H3. The zero-order chi connectivity index (χ0) is 25.3. The van der Waals surface area contributed by atoms with E-state index in [0.29, 0.717) is 12.8 Å². The van der Waals surface area contributed by atoms with Crippen LogP contribution in [-0.2, 0) is 35.0 Å². The molecule has 2 aromatic carbocycles. The molecule has 1 aliphatic carbocycles. The maximum absolute atomic E-state index is 13.1. The zero-order valence-corrected chi connectivity index (χ0v) is 21.0. The van der Waals surface area contributed by atoms with Gasteiger partial charge in [-0.1, -0.05) is 6.07 Å². The highest BCUT2D eigenvalue weighted by molar-refractivity contribution is 7.98. The molecule has 1 saturated heterocycles. The van der Waals surface area contributed by atoms with E-state index in [2.05, 4.69) is 27.7 Å². The number of thioether (sulfide) groups is 1. The number of fused-ring (bicyclic) bond motifs is 3. The lowest BCUT2D eigenvalue weighted by Crippen LogP contribution is -2.38. The maximum Gasteiger partial charge on any atom is 0.416 e. The molecule has 1 atom stereocenters. The second-order valence-corrected chi connectivity index (χ2v) is 10.1. The van der Waals surface area contributed by atoms with Gasteiger partial charge in [0.05, 0.1) is 24.3 Å². The van der Waals surface area contributed by atoms with Crippen LogP contribution in [0.5, 0.6) is 0 Å². The average Bonchev–Trinajstić information content (AvgIpc) is 3.19. The Labute approximate surface area is 212 Å². The smallest absolute Gasteiger partial charge is 0.416 e. The Morgan fingerprint density at radius 1 is 1.14 bits per heavy atom. The van der Waals surface area contributed by atoms with Gasteiger partial charge in [0.15, 0.2) is 0 Å². The maximum atomic E-state index is 13.1. The molecule has 1 aliphatic heterocycles. The molecule has 2 aliphatic rings. The fraction of sp³-hybridized carbons (Fsp3) is 0.444. The molecule has 0 N–H and O–H groups in total. The molecule has 1 unspecified atom stereocenters. The SMILES string of the molecule is CSc1ccc2c(c1)c1c(n2CCN2CCOCC2)CCC(OC(=O)c2cccc(C(F)(F)F)c2)C1. The number of nitrogens with zero attached hydrogens (tertiary/aromatic N) is 2. The molecule has 0 saturated carbocycles. The molecular formula is C27H29F3N2O3S. The summed E-state index contributed by atoms with van der Waals surface area (Å²) in [5.41, 5.74) is 2.69. The number of morpholine rings is 1. The van der Waals surface area contributed by atoms with Crippen molar-refractivity contribution >= 4 is 28.6 Å². The Kier molecular flexibility index (Phi) is 7.32. The number of rotatable bonds is 6. The van der Waals surface area contributed by atoms with Crippen molar-refractivity contribution in [2.24, 2.45) is 0 Å². The largest absolute Gasteiger partial charge is 0.458 e. The molecule has 9 heteroatoms. The van der Waals surface area contributed by atoms with Gasteiger partial charge in [0, 0.05) is 54.1 Å². The predicted octanol–water partition coefficient (Wildman–Crippen LogP) is 5.43. The summed E-state index contributed by atoms with van der Waals surface area (Å²) >= 11 is 1.68. The van der Waals surface area contributed by atoms with Crippen LogP contribution in [-0.4, -0.2) is 60.6 Å². The number of carbonyl (C=O) groups excluding carboxylic acids is 1. The Hall–Kier alpha value is -2.49. The van der Waals surface area contributed by atoms with Gasteiger partial charge in [0.2, 0.25) is 0 Å². The average molecular weight is 519 g/mol. The van der Waals surface area contributed by atoms with Crippen LogP contribution in [0.3, 0.4) is 0 Å². The summed E-state index contributed by atoms with van der Waals surface area (Å²) in [6.07, 6.45) is -0.894. The minimum absolute atomic E-state index is 0.0757. The number of alkyl halides is 3. The van der Waals surface area contributed by atoms with Gasteiger partial charge >= 0.3 is 12.1 Å². The summed E-state index contributed by atoms with van der Waals surface area (Å²) in [7, 11) is 0. The molecule has 36 heavy (non-hydrogen) atoms. The van der Waals surface area contributed by atoms with Crippen molar-refractivity contribution in [2.75, 3.05) is 39.1 Å². The van der Waals surface area contributed by atoms with Crippen molar-refractivity contribution in [3.05, 3.63) is 64.8 Å². The first kappa shape index (κ1) is 25.2. The fourth-order valence-electron chi connectivity index (χ4n) is 5.19. The van der Waals surface area contributed by atoms with Crippen LogP contribution in [0.25, 0.3) is 10.9 Å². The topological polar surface area (TPSA) is 43.7 Å². The van der Waals surface area contributed by atoms with Gasteiger partial charge in [-0.2, -0.15) is 13.2 Å². The van der Waals surface area contributed by atoms with Gasteiger partial charge in [0.25, 0.3) is 0 Å². The number of hydrogen-bond donors (Lipinski definition) is 0. The molecule has 2 heterocycles. The number of esters is 1. The van der Waals surface area contributed by atoms with E-state index in [-0.39, 0.29) is 11.7 Å². The minimum Gasteiger partial charge on any atom is -0.458 e. The third-order valence-electron chi connectivity index (χ3n) is 7.07. The van der Waals surface area contributed by atoms with Gasteiger partial charge < -0.3 is 14.0 Å². The summed E-state index contributed by atoms with van der Waals surface area (Å²) in [6, 6.07) is 10.9. The Balaban J connectivity index is 1.37. The van der Waals surface area contributed by atoms with E-state index in [1.165, 1.54) is 39.2 Å². The van der Waals surface area contributed by atoms with Crippen molar-refractivity contribution in [3.63, 3.8) is 0 Å². The first-order valence-electron chi connectivity index (χ1n) is 12.2. The van der Waals surface area contributed by atoms with Gasteiger partial charge in [0.1, 0.15) is 6.10 Å². The molecule has 5 rings (SSSR count). The van der Waals surface area contributed by atoms with Crippen molar-refractivity contribution in [3.8, 4) is 0 Å². The molecule has 0 radical (unpaired) electrons. The number of hydrogen-bond acceptors (Lipinski definition) is 5. The van der Waals surface area contributed by atoms with Crippen LogP contribution >= 0.6 is 11.8 Å². The quantitative estimate of drug-likeness (QED) is 0.322. The summed E-state index contributed by atoms with van der Waals surface area (Å²) in [5, 5.41) is 1.17. The highest BCUT2D eigenvalue weighted by atomic mass is 32.2. The minimum atomic E-state index is -4.51. The third-order valence-corrected chi connectivity index (χ3v) is 7.80. The van der Waals surface area contributed by atoms with Crippen LogP contribution in [0.1, 0.15) is 33.6 Å². The number of benzene rings is 2. The summed E-state index contributed by atoms with van der Waals surface area (Å²) in [5.74, 6) is -0.713. The van der Waals surface area contributed by atoms with Crippen molar-refractivity contribution < 1.29 is 27.4 Å². The molecule has 3 aromatic rings. The summed E-state index contributed by atoms with van der Waals surface area (Å²) in [6.45, 7) is 5.22. The van der Waals surface area contributed by atoms with E-state index in [4.69, 9.17) is 9.47 Å². The summed E-state index contributed by atoms with van der Waals surface area (Å²) < 4.78 is 52.9. The molecule has 0 amide bonds. The first-order valence-corrected chi connectivity index (χ1v) is 13.4. The van der Waals surface area contributed by atoms with Crippen LogP contribution in [0.2, 0.25) is 0 Å². The van der Waals surface area contributed by atoms with Gasteiger partial charge in [-0.05, 0) is 61.1 Å². The van der Waals surface area contributed by atoms with Crippen LogP contribution in [0.4, 0.5) is 13.2 Å². The molecule has 1 aromatic heterocycles. The van der Waals surface area contributed by atoms with Crippen LogP contribution in [0, 0.1) is 0 Å². The Morgan fingerprint density at radius 3 is 2.69 bits per heavy atom. The molecule has 5 nitrogen and oxygen atoms in total. The lowest BCUT2D eigenvalue weighted by Gasteiger charge is -2.28. The predicted molar refractivity (Wildman–Crippen MR) is 134 cm³/mol. The molecule has 1 fully saturated rings. The molecule has 0 bridgehead atoms. The second-order valence-electron chi connectivity index (χ2n) is 9.26.